The molecule has 0 atom stereocenters. The summed E-state index contributed by atoms with van der Waals surface area (Å²) in [6.45, 7) is 4.38. The van der Waals surface area contributed by atoms with Crippen LogP contribution >= 0.6 is 22.9 Å². The lowest BCUT2D eigenvalue weighted by molar-refractivity contribution is 0.0998. The summed E-state index contributed by atoms with van der Waals surface area (Å²) >= 11 is 7.33. The van der Waals surface area contributed by atoms with Gasteiger partial charge in [0.1, 0.15) is 0 Å². The number of aromatic nitrogens is 1. The molecule has 110 valence electrons. The summed E-state index contributed by atoms with van der Waals surface area (Å²) in [7, 11) is 0. The van der Waals surface area contributed by atoms with Crippen LogP contribution < -0.4 is 4.80 Å². The van der Waals surface area contributed by atoms with Gasteiger partial charge in [0.2, 0.25) is 0 Å². The maximum Gasteiger partial charge on any atom is 0.279 e. The first-order valence-corrected chi connectivity index (χ1v) is 7.92. The summed E-state index contributed by atoms with van der Waals surface area (Å²) in [5.74, 6) is -0.277. The Morgan fingerprint density at radius 3 is 2.68 bits per heavy atom. The molecule has 0 aliphatic heterocycles. The molecule has 0 unspecified atom stereocenters. The fourth-order valence-corrected chi connectivity index (χ4v) is 3.32. The first-order valence-electron chi connectivity index (χ1n) is 6.73. The van der Waals surface area contributed by atoms with E-state index in [1.807, 2.05) is 28.8 Å². The van der Waals surface area contributed by atoms with E-state index < -0.39 is 0 Å². The number of nitrogens with zero attached hydrogens (tertiary/aromatic N) is 2. The second kappa shape index (κ2) is 6.30. The van der Waals surface area contributed by atoms with E-state index in [1.54, 1.807) is 30.3 Å². The number of hydrogen-bond acceptors (Lipinski definition) is 2. The summed E-state index contributed by atoms with van der Waals surface area (Å²) < 4.78 is 3.08. The van der Waals surface area contributed by atoms with Gasteiger partial charge in [0.05, 0.1) is 10.2 Å². The predicted octanol–water partition coefficient (Wildman–Crippen LogP) is 4.28. The first kappa shape index (κ1) is 14.8. The van der Waals surface area contributed by atoms with Gasteiger partial charge in [-0.15, -0.1) is 6.58 Å². The van der Waals surface area contributed by atoms with E-state index in [0.29, 0.717) is 21.9 Å². The molecule has 0 saturated carbocycles. The Morgan fingerprint density at radius 2 is 1.95 bits per heavy atom. The van der Waals surface area contributed by atoms with Crippen molar-refractivity contribution >= 4 is 39.1 Å². The number of hydrogen-bond donors (Lipinski definition) is 0. The minimum atomic E-state index is -0.277. The standard InChI is InChI=1S/C17H13ClN2OS/c1-2-11-20-14-5-3-4-6-15(14)22-17(20)19-16(21)12-7-9-13(18)10-8-12/h2-10H,1,11H2. The number of benzene rings is 2. The molecule has 0 bridgehead atoms. The summed E-state index contributed by atoms with van der Waals surface area (Å²) in [6.07, 6.45) is 1.80. The van der Waals surface area contributed by atoms with Crippen LogP contribution in [-0.4, -0.2) is 10.5 Å². The van der Waals surface area contributed by atoms with Crippen molar-refractivity contribution in [3.8, 4) is 0 Å². The molecule has 3 rings (SSSR count). The van der Waals surface area contributed by atoms with Crippen molar-refractivity contribution in [2.24, 2.45) is 4.99 Å². The number of rotatable bonds is 3. The molecule has 0 saturated heterocycles. The van der Waals surface area contributed by atoms with Gasteiger partial charge in [0.25, 0.3) is 5.91 Å². The highest BCUT2D eigenvalue weighted by Gasteiger charge is 2.08. The van der Waals surface area contributed by atoms with Gasteiger partial charge < -0.3 is 4.57 Å². The van der Waals surface area contributed by atoms with Gasteiger partial charge in [0.15, 0.2) is 4.80 Å². The van der Waals surface area contributed by atoms with Crippen molar-refractivity contribution in [3.05, 3.63) is 76.6 Å². The lowest BCUT2D eigenvalue weighted by Gasteiger charge is -2.00. The smallest absolute Gasteiger partial charge is 0.279 e. The molecule has 0 fully saturated rings. The van der Waals surface area contributed by atoms with Crippen molar-refractivity contribution in [2.75, 3.05) is 0 Å². The van der Waals surface area contributed by atoms with E-state index in [0.717, 1.165) is 10.2 Å². The third-order valence-electron chi connectivity index (χ3n) is 3.19. The molecular weight excluding hydrogens is 316 g/mol. The van der Waals surface area contributed by atoms with Crippen LogP contribution in [0.2, 0.25) is 5.02 Å². The van der Waals surface area contributed by atoms with Crippen LogP contribution in [0.1, 0.15) is 10.4 Å². The van der Waals surface area contributed by atoms with Gasteiger partial charge in [-0.2, -0.15) is 4.99 Å². The van der Waals surface area contributed by atoms with Crippen LogP contribution in [0.3, 0.4) is 0 Å². The zero-order valence-corrected chi connectivity index (χ0v) is 13.3. The topological polar surface area (TPSA) is 34.4 Å². The lowest BCUT2D eigenvalue weighted by Crippen LogP contribution is -2.16. The molecule has 0 aliphatic carbocycles. The largest absolute Gasteiger partial charge is 0.312 e. The highest BCUT2D eigenvalue weighted by molar-refractivity contribution is 7.16. The normalized spacial score (nSPS) is 11.8. The van der Waals surface area contributed by atoms with E-state index in [1.165, 1.54) is 11.3 Å². The van der Waals surface area contributed by atoms with E-state index >= 15 is 0 Å². The third kappa shape index (κ3) is 2.89. The highest BCUT2D eigenvalue weighted by Crippen LogP contribution is 2.17. The molecule has 3 aromatic rings. The van der Waals surface area contributed by atoms with Crippen molar-refractivity contribution in [3.63, 3.8) is 0 Å². The van der Waals surface area contributed by atoms with Gasteiger partial charge in [-0.25, -0.2) is 0 Å². The lowest BCUT2D eigenvalue weighted by atomic mass is 10.2. The Bertz CT molecular complexity index is 906. The fourth-order valence-electron chi connectivity index (χ4n) is 2.16. The number of halogens is 1. The van der Waals surface area contributed by atoms with Gasteiger partial charge in [-0.05, 0) is 36.4 Å². The Kier molecular flexibility index (Phi) is 4.22. The Labute approximate surface area is 136 Å². The molecule has 0 spiro atoms. The van der Waals surface area contributed by atoms with Crippen molar-refractivity contribution in [2.45, 2.75) is 6.54 Å². The number of carbonyl (C=O) groups excluding carboxylic acids is 1. The van der Waals surface area contributed by atoms with E-state index in [4.69, 9.17) is 11.6 Å². The molecule has 2 aromatic carbocycles. The summed E-state index contributed by atoms with van der Waals surface area (Å²) in [6, 6.07) is 14.7. The number of thiazole rings is 1. The maximum atomic E-state index is 12.3. The number of fused-ring (bicyclic) bond motifs is 1. The van der Waals surface area contributed by atoms with Crippen molar-refractivity contribution in [1.29, 1.82) is 0 Å². The average Bonchev–Trinajstić information content (AvgIpc) is 2.86. The Balaban J connectivity index is 2.11. The highest BCUT2D eigenvalue weighted by atomic mass is 35.5. The van der Waals surface area contributed by atoms with Gasteiger partial charge in [-0.1, -0.05) is 41.1 Å². The SMILES string of the molecule is C=CCn1c(=NC(=O)c2ccc(Cl)cc2)sc2ccccc21. The summed E-state index contributed by atoms with van der Waals surface area (Å²) in [5.41, 5.74) is 1.57. The average molecular weight is 329 g/mol. The predicted molar refractivity (Wildman–Crippen MR) is 91.4 cm³/mol. The van der Waals surface area contributed by atoms with Crippen LogP contribution in [0.15, 0.2) is 66.2 Å². The van der Waals surface area contributed by atoms with Gasteiger partial charge >= 0.3 is 0 Å². The number of amides is 1. The minimum absolute atomic E-state index is 0.277. The monoisotopic (exact) mass is 328 g/mol. The molecule has 5 heteroatoms. The second-order valence-electron chi connectivity index (χ2n) is 4.68. The molecule has 22 heavy (non-hydrogen) atoms. The number of carbonyl (C=O) groups is 1. The van der Waals surface area contributed by atoms with Crippen LogP contribution in [-0.2, 0) is 6.54 Å². The number of allylic oxidation sites excluding steroid dienone is 1. The van der Waals surface area contributed by atoms with Crippen LogP contribution in [0.25, 0.3) is 10.2 Å². The molecule has 1 amide bonds. The zero-order chi connectivity index (χ0) is 15.5. The molecular formula is C17H13ClN2OS. The second-order valence-corrected chi connectivity index (χ2v) is 6.12. The maximum absolute atomic E-state index is 12.3. The summed E-state index contributed by atoms with van der Waals surface area (Å²) in [5, 5.41) is 0.597. The molecule has 0 radical (unpaired) electrons. The molecule has 1 aromatic heterocycles. The molecule has 3 nitrogen and oxygen atoms in total. The van der Waals surface area contributed by atoms with Crippen molar-refractivity contribution in [1.82, 2.24) is 4.57 Å². The molecule has 0 aliphatic rings. The van der Waals surface area contributed by atoms with E-state index in [-0.39, 0.29) is 5.91 Å². The fraction of sp³-hybridized carbons (Fsp3) is 0.0588. The van der Waals surface area contributed by atoms with E-state index in [2.05, 4.69) is 11.6 Å². The van der Waals surface area contributed by atoms with Crippen LogP contribution in [0, 0.1) is 0 Å². The quantitative estimate of drug-likeness (QED) is 0.661. The zero-order valence-electron chi connectivity index (χ0n) is 11.7. The Morgan fingerprint density at radius 1 is 1.23 bits per heavy atom. The van der Waals surface area contributed by atoms with Crippen LogP contribution in [0.5, 0.6) is 0 Å². The summed E-state index contributed by atoms with van der Waals surface area (Å²) in [4.78, 5) is 17.3. The molecule has 1 heterocycles. The van der Waals surface area contributed by atoms with Gasteiger partial charge in [-0.3, -0.25) is 4.79 Å². The first-order chi connectivity index (χ1) is 10.7. The van der Waals surface area contributed by atoms with E-state index in [9.17, 15) is 4.79 Å². The number of para-hydroxylation sites is 1. The minimum Gasteiger partial charge on any atom is -0.312 e. The van der Waals surface area contributed by atoms with Gasteiger partial charge in [0, 0.05) is 17.1 Å². The Hall–Kier alpha value is -2.17. The molecule has 0 N–H and O–H groups in total. The van der Waals surface area contributed by atoms with Crippen molar-refractivity contribution < 1.29 is 4.79 Å². The van der Waals surface area contributed by atoms with Crippen LogP contribution in [0.4, 0.5) is 0 Å². The third-order valence-corrected chi connectivity index (χ3v) is 4.50.